The van der Waals surface area contributed by atoms with Crippen LogP contribution in [0, 0.1) is 18.8 Å². The molecule has 3 aromatic rings. The Morgan fingerprint density at radius 1 is 0.833 bits per heavy atom. The molecule has 154 valence electrons. The predicted octanol–water partition coefficient (Wildman–Crippen LogP) is 4.63. The van der Waals surface area contributed by atoms with Gasteiger partial charge in [-0.15, -0.1) is 10.2 Å². The lowest BCUT2D eigenvalue weighted by molar-refractivity contribution is 0.312. The first-order valence-corrected chi connectivity index (χ1v) is 10.8. The Labute approximate surface area is 177 Å². The second kappa shape index (κ2) is 7.67. The van der Waals surface area contributed by atoms with E-state index in [0.29, 0.717) is 17.3 Å². The Balaban J connectivity index is 1.34. The van der Waals surface area contributed by atoms with E-state index in [1.54, 1.807) is 6.07 Å². The quantitative estimate of drug-likeness (QED) is 0.687. The van der Waals surface area contributed by atoms with E-state index in [9.17, 15) is 5.11 Å². The molecule has 2 fully saturated rings. The highest BCUT2D eigenvalue weighted by Crippen LogP contribution is 2.43. The van der Waals surface area contributed by atoms with Crippen LogP contribution in [0.25, 0.3) is 22.5 Å². The van der Waals surface area contributed by atoms with Crippen molar-refractivity contribution < 1.29 is 5.11 Å². The van der Waals surface area contributed by atoms with Crippen LogP contribution in [0.3, 0.4) is 0 Å². The Bertz CT molecular complexity index is 1020. The van der Waals surface area contributed by atoms with Crippen molar-refractivity contribution in [2.24, 2.45) is 11.8 Å². The van der Waals surface area contributed by atoms with E-state index in [4.69, 9.17) is 0 Å². The van der Waals surface area contributed by atoms with E-state index in [-0.39, 0.29) is 5.75 Å². The number of aromatic nitrogens is 4. The highest BCUT2D eigenvalue weighted by Gasteiger charge is 2.36. The molecule has 2 aliphatic carbocycles. The summed E-state index contributed by atoms with van der Waals surface area (Å²) in [4.78, 5) is 2.29. The molecule has 2 bridgehead atoms. The van der Waals surface area contributed by atoms with Gasteiger partial charge in [0.2, 0.25) is 0 Å². The molecule has 0 saturated heterocycles. The minimum atomic E-state index is 0.161. The summed E-state index contributed by atoms with van der Waals surface area (Å²) in [5.74, 6) is 2.83. The summed E-state index contributed by atoms with van der Waals surface area (Å²) in [5, 5.41) is 27.7. The third-order valence-electron chi connectivity index (χ3n) is 6.79. The molecule has 6 heteroatoms. The van der Waals surface area contributed by atoms with Gasteiger partial charge in [-0.1, -0.05) is 18.9 Å². The van der Waals surface area contributed by atoms with Crippen LogP contribution in [-0.2, 0) is 0 Å². The number of fused-ring (bicyclic) bond motifs is 2. The van der Waals surface area contributed by atoms with Crippen LogP contribution < -0.4 is 4.90 Å². The van der Waals surface area contributed by atoms with Gasteiger partial charge >= 0.3 is 0 Å². The first-order chi connectivity index (χ1) is 14.6. The topological polar surface area (TPSA) is 75.0 Å². The maximum atomic E-state index is 10.6. The van der Waals surface area contributed by atoms with Gasteiger partial charge in [0.25, 0.3) is 0 Å². The number of hydrogen-bond acceptors (Lipinski definition) is 6. The Kier molecular flexibility index (Phi) is 4.85. The Morgan fingerprint density at radius 2 is 1.57 bits per heavy atom. The number of rotatable bonds is 4. The number of aromatic hydroxyl groups is 1. The number of phenols is 1. The molecule has 2 saturated carbocycles. The number of aryl methyl sites for hydroxylation is 1. The van der Waals surface area contributed by atoms with Gasteiger partial charge in [-0.3, -0.25) is 0 Å². The summed E-state index contributed by atoms with van der Waals surface area (Å²) in [7, 11) is 2.13. The van der Waals surface area contributed by atoms with Crippen molar-refractivity contribution in [3.05, 3.63) is 48.2 Å². The summed E-state index contributed by atoms with van der Waals surface area (Å²) in [6.45, 7) is 1.90. The molecule has 0 radical (unpaired) electrons. The van der Waals surface area contributed by atoms with Crippen molar-refractivity contribution >= 4 is 5.82 Å². The average Bonchev–Trinajstić information content (AvgIpc) is 3.11. The van der Waals surface area contributed by atoms with Gasteiger partial charge in [0.05, 0.1) is 17.1 Å². The number of benzene rings is 1. The minimum absolute atomic E-state index is 0.161. The first kappa shape index (κ1) is 19.0. The SMILES string of the molecule is Cc1ccc(-c2ccc(-c3ccc(N(C)C4C[C@H]5CC[C@@H](C4)C5)nn3)c(O)c2)nn1. The normalized spacial score (nSPS) is 22.8. The van der Waals surface area contributed by atoms with E-state index < -0.39 is 0 Å². The first-order valence-electron chi connectivity index (χ1n) is 10.8. The van der Waals surface area contributed by atoms with Crippen molar-refractivity contribution in [3.8, 4) is 28.3 Å². The number of anilines is 1. The lowest BCUT2D eigenvalue weighted by Gasteiger charge is -2.35. The molecule has 0 amide bonds. The molecule has 2 aromatic heterocycles. The smallest absolute Gasteiger partial charge is 0.151 e. The molecule has 1 unspecified atom stereocenters. The maximum Gasteiger partial charge on any atom is 0.151 e. The fraction of sp³-hybridized carbons (Fsp3) is 0.417. The summed E-state index contributed by atoms with van der Waals surface area (Å²) in [5.41, 5.74) is 3.74. The summed E-state index contributed by atoms with van der Waals surface area (Å²) < 4.78 is 0. The third kappa shape index (κ3) is 3.62. The van der Waals surface area contributed by atoms with Gasteiger partial charge in [-0.25, -0.2) is 0 Å². The number of phenolic OH excluding ortho intramolecular Hbond substituents is 1. The largest absolute Gasteiger partial charge is 0.507 e. The van der Waals surface area contributed by atoms with E-state index >= 15 is 0 Å². The van der Waals surface area contributed by atoms with E-state index in [1.165, 1.54) is 32.1 Å². The lowest BCUT2D eigenvalue weighted by atomic mass is 9.85. The zero-order valence-electron chi connectivity index (χ0n) is 17.5. The fourth-order valence-electron chi connectivity index (χ4n) is 5.09. The van der Waals surface area contributed by atoms with Crippen LogP contribution in [0.2, 0.25) is 0 Å². The Hall–Kier alpha value is -3.02. The highest BCUT2D eigenvalue weighted by atomic mass is 16.3. The standard InChI is InChI=1S/C24H27N5O/c1-15-3-8-21(26-25-15)18-6-7-20(23(30)14-18)22-9-10-24(28-27-22)29(2)19-12-16-4-5-17(11-16)13-19/h3,6-10,14,16-17,19,30H,4-5,11-13H2,1-2H3/t16-,17+,19?. The van der Waals surface area contributed by atoms with Crippen LogP contribution in [0.4, 0.5) is 5.82 Å². The minimum Gasteiger partial charge on any atom is -0.507 e. The molecule has 1 aromatic carbocycles. The summed E-state index contributed by atoms with van der Waals surface area (Å²) in [6.07, 6.45) is 6.73. The van der Waals surface area contributed by atoms with Crippen LogP contribution in [-0.4, -0.2) is 38.6 Å². The molecular formula is C24H27N5O. The maximum absolute atomic E-state index is 10.6. The number of nitrogens with zero attached hydrogens (tertiary/aromatic N) is 5. The monoisotopic (exact) mass is 401 g/mol. The molecule has 1 N–H and O–H groups in total. The number of hydrogen-bond donors (Lipinski definition) is 1. The molecule has 5 rings (SSSR count). The van der Waals surface area contributed by atoms with Crippen molar-refractivity contribution in [2.45, 2.75) is 45.1 Å². The van der Waals surface area contributed by atoms with Crippen molar-refractivity contribution in [1.29, 1.82) is 0 Å². The van der Waals surface area contributed by atoms with Crippen LogP contribution in [0.15, 0.2) is 42.5 Å². The second-order valence-electron chi connectivity index (χ2n) is 8.85. The van der Waals surface area contributed by atoms with E-state index in [2.05, 4.69) is 32.3 Å². The zero-order valence-corrected chi connectivity index (χ0v) is 17.5. The summed E-state index contributed by atoms with van der Waals surface area (Å²) in [6, 6.07) is 13.8. The van der Waals surface area contributed by atoms with Gasteiger partial charge in [0.15, 0.2) is 5.82 Å². The molecule has 0 aliphatic heterocycles. The van der Waals surface area contributed by atoms with E-state index in [0.717, 1.165) is 34.6 Å². The fourth-order valence-corrected chi connectivity index (χ4v) is 5.09. The van der Waals surface area contributed by atoms with Gasteiger partial charge in [-0.05, 0) is 74.4 Å². The Morgan fingerprint density at radius 3 is 2.20 bits per heavy atom. The molecule has 0 spiro atoms. The van der Waals surface area contributed by atoms with Crippen LogP contribution in [0.5, 0.6) is 5.75 Å². The molecule has 6 nitrogen and oxygen atoms in total. The van der Waals surface area contributed by atoms with Crippen molar-refractivity contribution in [3.63, 3.8) is 0 Å². The van der Waals surface area contributed by atoms with Gasteiger partial charge in [-0.2, -0.15) is 10.2 Å². The van der Waals surface area contributed by atoms with E-state index in [1.807, 2.05) is 43.3 Å². The summed E-state index contributed by atoms with van der Waals surface area (Å²) >= 11 is 0. The van der Waals surface area contributed by atoms with Crippen molar-refractivity contribution in [2.75, 3.05) is 11.9 Å². The highest BCUT2D eigenvalue weighted by molar-refractivity contribution is 5.73. The van der Waals surface area contributed by atoms with Gasteiger partial charge in [0, 0.05) is 24.2 Å². The molecule has 2 aliphatic rings. The predicted molar refractivity (Wildman–Crippen MR) is 117 cm³/mol. The molecule has 30 heavy (non-hydrogen) atoms. The lowest BCUT2D eigenvalue weighted by Crippen LogP contribution is -2.37. The zero-order chi connectivity index (χ0) is 20.7. The molecule has 3 atom stereocenters. The molecule has 2 heterocycles. The van der Waals surface area contributed by atoms with Gasteiger partial charge in [0.1, 0.15) is 5.75 Å². The molecular weight excluding hydrogens is 374 g/mol. The van der Waals surface area contributed by atoms with Crippen LogP contribution >= 0.6 is 0 Å². The van der Waals surface area contributed by atoms with Crippen molar-refractivity contribution in [1.82, 2.24) is 20.4 Å². The van der Waals surface area contributed by atoms with Crippen LogP contribution in [0.1, 0.15) is 37.8 Å². The average molecular weight is 402 g/mol. The third-order valence-corrected chi connectivity index (χ3v) is 6.79. The second-order valence-corrected chi connectivity index (χ2v) is 8.85. The van der Waals surface area contributed by atoms with Gasteiger partial charge < -0.3 is 10.0 Å².